The van der Waals surface area contributed by atoms with Gasteiger partial charge in [0.1, 0.15) is 6.04 Å². The van der Waals surface area contributed by atoms with E-state index in [9.17, 15) is 14.7 Å². The quantitative estimate of drug-likeness (QED) is 0.738. The van der Waals surface area contributed by atoms with E-state index in [0.717, 1.165) is 5.56 Å². The second-order valence-electron chi connectivity index (χ2n) is 5.60. The molecular formula is C16H20N2O6. The number of morpholine rings is 1. The van der Waals surface area contributed by atoms with Crippen LogP contribution in [-0.2, 0) is 20.7 Å². The van der Waals surface area contributed by atoms with Crippen molar-refractivity contribution in [3.8, 4) is 11.5 Å². The number of amides is 2. The molecule has 8 nitrogen and oxygen atoms in total. The molecule has 0 bridgehead atoms. The summed E-state index contributed by atoms with van der Waals surface area (Å²) in [4.78, 5) is 26.1. The first-order valence-corrected chi connectivity index (χ1v) is 7.82. The fourth-order valence-corrected chi connectivity index (χ4v) is 2.67. The molecule has 0 unspecified atom stereocenters. The summed E-state index contributed by atoms with van der Waals surface area (Å²) in [6, 6.07) is 4.31. The van der Waals surface area contributed by atoms with Gasteiger partial charge < -0.3 is 29.5 Å². The Labute approximate surface area is 139 Å². The predicted octanol–water partition coefficient (Wildman–Crippen LogP) is -0.706. The highest BCUT2D eigenvalue weighted by Gasteiger charge is 2.26. The number of nitrogens with zero attached hydrogens (tertiary/aromatic N) is 1. The van der Waals surface area contributed by atoms with Crippen molar-refractivity contribution in [3.05, 3.63) is 23.8 Å². The molecule has 1 aromatic carbocycles. The number of carbonyl (C=O) groups excluding carboxylic acids is 2. The summed E-state index contributed by atoms with van der Waals surface area (Å²) in [5, 5.41) is 12.0. The van der Waals surface area contributed by atoms with E-state index in [-0.39, 0.29) is 25.0 Å². The highest BCUT2D eigenvalue weighted by molar-refractivity contribution is 5.88. The number of rotatable bonds is 5. The van der Waals surface area contributed by atoms with Crippen molar-refractivity contribution < 1.29 is 28.9 Å². The monoisotopic (exact) mass is 336 g/mol. The number of nitrogens with one attached hydrogen (secondary N) is 1. The van der Waals surface area contributed by atoms with Crippen molar-refractivity contribution in [1.29, 1.82) is 0 Å². The van der Waals surface area contributed by atoms with Crippen molar-refractivity contribution in [1.82, 2.24) is 10.2 Å². The van der Waals surface area contributed by atoms with E-state index in [2.05, 4.69) is 5.32 Å². The fraction of sp³-hybridized carbons (Fsp3) is 0.500. The van der Waals surface area contributed by atoms with Crippen LogP contribution >= 0.6 is 0 Å². The Morgan fingerprint density at radius 2 is 1.96 bits per heavy atom. The number of aliphatic hydroxyl groups excluding tert-OH is 1. The number of hydrogen-bond donors (Lipinski definition) is 2. The van der Waals surface area contributed by atoms with E-state index in [1.807, 2.05) is 0 Å². The summed E-state index contributed by atoms with van der Waals surface area (Å²) in [5.74, 6) is 0.618. The number of fused-ring (bicyclic) bond motifs is 1. The lowest BCUT2D eigenvalue weighted by molar-refractivity contribution is -0.140. The zero-order valence-electron chi connectivity index (χ0n) is 13.2. The second kappa shape index (κ2) is 7.50. The SMILES string of the molecule is O=C(Cc1ccc2c(c1)OCO2)N[C@@H](CO)C(=O)N1CCOCC1. The molecular weight excluding hydrogens is 316 g/mol. The third kappa shape index (κ3) is 3.77. The standard InChI is InChI=1S/C16H20N2O6/c19-9-12(16(21)18-3-5-22-6-4-18)17-15(20)8-11-1-2-13-14(7-11)24-10-23-13/h1-2,7,12,19H,3-6,8-10H2,(H,17,20)/t12-/m0/s1. The molecule has 0 spiro atoms. The number of aliphatic hydroxyl groups is 1. The molecule has 1 aromatic rings. The number of carbonyl (C=O) groups is 2. The van der Waals surface area contributed by atoms with Crippen molar-refractivity contribution in [2.45, 2.75) is 12.5 Å². The van der Waals surface area contributed by atoms with Crippen LogP contribution in [0.3, 0.4) is 0 Å². The number of benzene rings is 1. The Bertz CT molecular complexity index is 615. The lowest BCUT2D eigenvalue weighted by Crippen LogP contribution is -2.53. The minimum Gasteiger partial charge on any atom is -0.454 e. The van der Waals surface area contributed by atoms with Crippen LogP contribution < -0.4 is 14.8 Å². The second-order valence-corrected chi connectivity index (χ2v) is 5.60. The maximum Gasteiger partial charge on any atom is 0.247 e. The van der Waals surface area contributed by atoms with Crippen molar-refractivity contribution in [2.24, 2.45) is 0 Å². The zero-order valence-corrected chi connectivity index (χ0v) is 13.2. The maximum atomic E-state index is 12.3. The molecule has 8 heteroatoms. The third-order valence-electron chi connectivity index (χ3n) is 3.94. The largest absolute Gasteiger partial charge is 0.454 e. The van der Waals surface area contributed by atoms with Gasteiger partial charge in [-0.25, -0.2) is 0 Å². The molecule has 1 fully saturated rings. The Morgan fingerprint density at radius 3 is 2.71 bits per heavy atom. The smallest absolute Gasteiger partial charge is 0.247 e. The Balaban J connectivity index is 1.57. The fourth-order valence-electron chi connectivity index (χ4n) is 2.67. The van der Waals surface area contributed by atoms with Gasteiger partial charge in [0, 0.05) is 13.1 Å². The van der Waals surface area contributed by atoms with Gasteiger partial charge in [0.25, 0.3) is 0 Å². The average molecular weight is 336 g/mol. The highest BCUT2D eigenvalue weighted by atomic mass is 16.7. The molecule has 2 N–H and O–H groups in total. The first kappa shape index (κ1) is 16.5. The molecule has 0 radical (unpaired) electrons. The summed E-state index contributed by atoms with van der Waals surface area (Å²) in [6.07, 6.45) is 0.0868. The van der Waals surface area contributed by atoms with E-state index in [4.69, 9.17) is 14.2 Å². The van der Waals surface area contributed by atoms with Crippen LogP contribution in [0.5, 0.6) is 11.5 Å². The van der Waals surface area contributed by atoms with Gasteiger partial charge in [-0.15, -0.1) is 0 Å². The van der Waals surface area contributed by atoms with Gasteiger partial charge in [-0.1, -0.05) is 6.07 Å². The Kier molecular flexibility index (Phi) is 5.17. The van der Waals surface area contributed by atoms with E-state index >= 15 is 0 Å². The molecule has 2 amide bonds. The normalized spacial score (nSPS) is 17.5. The topological polar surface area (TPSA) is 97.3 Å². The van der Waals surface area contributed by atoms with Crippen LogP contribution in [0.15, 0.2) is 18.2 Å². The molecule has 3 rings (SSSR count). The van der Waals surface area contributed by atoms with Crippen LogP contribution in [0.1, 0.15) is 5.56 Å². The number of hydrogen-bond acceptors (Lipinski definition) is 6. The molecule has 1 atom stereocenters. The molecule has 2 heterocycles. The van der Waals surface area contributed by atoms with Crippen LogP contribution in [0.25, 0.3) is 0 Å². The number of ether oxygens (including phenoxy) is 3. The first-order chi connectivity index (χ1) is 11.7. The van der Waals surface area contributed by atoms with Gasteiger partial charge in [0.2, 0.25) is 18.6 Å². The van der Waals surface area contributed by atoms with Gasteiger partial charge >= 0.3 is 0 Å². The molecule has 24 heavy (non-hydrogen) atoms. The molecule has 0 aromatic heterocycles. The van der Waals surface area contributed by atoms with Crippen molar-refractivity contribution in [3.63, 3.8) is 0 Å². The van der Waals surface area contributed by atoms with E-state index < -0.39 is 12.6 Å². The third-order valence-corrected chi connectivity index (χ3v) is 3.94. The molecule has 2 aliphatic rings. The lowest BCUT2D eigenvalue weighted by Gasteiger charge is -2.30. The van der Waals surface area contributed by atoms with Crippen molar-refractivity contribution >= 4 is 11.8 Å². The Hall–Kier alpha value is -2.32. The van der Waals surface area contributed by atoms with Crippen LogP contribution in [0, 0.1) is 0 Å². The summed E-state index contributed by atoms with van der Waals surface area (Å²) in [7, 11) is 0. The van der Waals surface area contributed by atoms with Crippen LogP contribution in [0.4, 0.5) is 0 Å². The maximum absolute atomic E-state index is 12.3. The van der Waals surface area contributed by atoms with Gasteiger partial charge in [-0.05, 0) is 17.7 Å². The molecule has 130 valence electrons. The summed E-state index contributed by atoms with van der Waals surface area (Å²) >= 11 is 0. The minimum atomic E-state index is -0.940. The average Bonchev–Trinajstić information content (AvgIpc) is 3.07. The lowest BCUT2D eigenvalue weighted by atomic mass is 10.1. The zero-order chi connectivity index (χ0) is 16.9. The summed E-state index contributed by atoms with van der Waals surface area (Å²) in [6.45, 7) is 1.60. The van der Waals surface area contributed by atoms with Crippen LogP contribution in [-0.4, -0.2) is 67.6 Å². The Morgan fingerprint density at radius 1 is 1.21 bits per heavy atom. The molecule has 2 aliphatic heterocycles. The molecule has 0 saturated carbocycles. The highest BCUT2D eigenvalue weighted by Crippen LogP contribution is 2.32. The first-order valence-electron chi connectivity index (χ1n) is 7.82. The van der Waals surface area contributed by atoms with E-state index in [1.165, 1.54) is 0 Å². The molecule has 0 aliphatic carbocycles. The van der Waals surface area contributed by atoms with Gasteiger partial charge in [0.05, 0.1) is 26.2 Å². The molecule has 1 saturated heterocycles. The van der Waals surface area contributed by atoms with E-state index in [0.29, 0.717) is 37.8 Å². The van der Waals surface area contributed by atoms with Crippen molar-refractivity contribution in [2.75, 3.05) is 39.7 Å². The predicted molar refractivity (Wildman–Crippen MR) is 82.7 cm³/mol. The van der Waals surface area contributed by atoms with Gasteiger partial charge in [0.15, 0.2) is 11.5 Å². The van der Waals surface area contributed by atoms with E-state index in [1.54, 1.807) is 23.1 Å². The summed E-state index contributed by atoms with van der Waals surface area (Å²) < 4.78 is 15.7. The van der Waals surface area contributed by atoms with Crippen LogP contribution in [0.2, 0.25) is 0 Å². The summed E-state index contributed by atoms with van der Waals surface area (Å²) in [5.41, 5.74) is 0.743. The van der Waals surface area contributed by atoms with Gasteiger partial charge in [-0.3, -0.25) is 9.59 Å². The minimum absolute atomic E-state index is 0.0868. The van der Waals surface area contributed by atoms with Gasteiger partial charge in [-0.2, -0.15) is 0 Å².